The van der Waals surface area contributed by atoms with Crippen LogP contribution in [0.5, 0.6) is 0 Å². The Bertz CT molecular complexity index is 1160. The van der Waals surface area contributed by atoms with Crippen LogP contribution in [0.25, 0.3) is 22.9 Å². The van der Waals surface area contributed by atoms with E-state index in [9.17, 15) is 22.7 Å². The van der Waals surface area contributed by atoms with Crippen molar-refractivity contribution in [1.82, 2.24) is 4.98 Å². The van der Waals surface area contributed by atoms with Gasteiger partial charge in [0.2, 0.25) is 0 Å². The van der Waals surface area contributed by atoms with E-state index >= 15 is 0 Å². The number of hydrogen-bond acceptors (Lipinski definition) is 6. The van der Waals surface area contributed by atoms with Gasteiger partial charge in [0, 0.05) is 11.6 Å². The SMILES string of the molecule is CCS(=O)(=O)c1ccc2oc(=O)c(C=C(O)c3ccc(F)cc3)nc2c1. The zero-order valence-corrected chi connectivity index (χ0v) is 14.5. The largest absolute Gasteiger partial charge is 0.507 e. The van der Waals surface area contributed by atoms with E-state index in [1.54, 1.807) is 0 Å². The number of halogens is 1. The highest BCUT2D eigenvalue weighted by Gasteiger charge is 2.14. The fraction of sp³-hybridized carbons (Fsp3) is 0.111. The molecule has 3 rings (SSSR count). The van der Waals surface area contributed by atoms with Crippen LogP contribution in [0.15, 0.2) is 56.6 Å². The molecule has 0 fully saturated rings. The molecular formula is C18H14FNO5S. The summed E-state index contributed by atoms with van der Waals surface area (Å²) in [4.78, 5) is 16.2. The highest BCUT2D eigenvalue weighted by molar-refractivity contribution is 7.91. The maximum Gasteiger partial charge on any atom is 0.362 e. The van der Waals surface area contributed by atoms with Gasteiger partial charge in [-0.25, -0.2) is 22.6 Å². The van der Waals surface area contributed by atoms with Gasteiger partial charge in [0.15, 0.2) is 21.1 Å². The second-order valence-electron chi connectivity index (χ2n) is 5.46. The molecule has 0 radical (unpaired) electrons. The van der Waals surface area contributed by atoms with Crippen LogP contribution < -0.4 is 5.63 Å². The molecule has 0 aliphatic heterocycles. The van der Waals surface area contributed by atoms with Gasteiger partial charge in [-0.1, -0.05) is 6.92 Å². The lowest BCUT2D eigenvalue weighted by Crippen LogP contribution is -2.08. The predicted molar refractivity (Wildman–Crippen MR) is 94.9 cm³/mol. The number of aliphatic hydroxyl groups is 1. The van der Waals surface area contributed by atoms with Gasteiger partial charge in [-0.05, 0) is 42.5 Å². The van der Waals surface area contributed by atoms with Crippen LogP contribution in [-0.2, 0) is 9.84 Å². The molecule has 0 amide bonds. The summed E-state index contributed by atoms with van der Waals surface area (Å²) in [5.74, 6) is -0.844. The van der Waals surface area contributed by atoms with Gasteiger partial charge in [0.1, 0.15) is 17.1 Å². The molecule has 1 aromatic heterocycles. The zero-order chi connectivity index (χ0) is 18.9. The van der Waals surface area contributed by atoms with E-state index < -0.39 is 21.3 Å². The first-order chi connectivity index (χ1) is 12.3. The minimum Gasteiger partial charge on any atom is -0.507 e. The highest BCUT2D eigenvalue weighted by Crippen LogP contribution is 2.19. The average molecular weight is 375 g/mol. The van der Waals surface area contributed by atoms with E-state index in [4.69, 9.17) is 4.42 Å². The number of aromatic nitrogens is 1. The Morgan fingerprint density at radius 2 is 1.92 bits per heavy atom. The van der Waals surface area contributed by atoms with E-state index in [1.807, 2.05) is 0 Å². The van der Waals surface area contributed by atoms with Crippen molar-refractivity contribution in [2.45, 2.75) is 11.8 Å². The standard InChI is InChI=1S/C18H14FNO5S/c1-2-26(23,24)13-7-8-17-14(9-13)20-15(18(22)25-17)10-16(21)11-3-5-12(19)6-4-11/h3-10,21H,2H2,1H3. The third kappa shape index (κ3) is 3.50. The Kier molecular flexibility index (Phi) is 4.60. The molecule has 0 saturated heterocycles. The van der Waals surface area contributed by atoms with Crippen molar-refractivity contribution < 1.29 is 22.3 Å². The second kappa shape index (κ2) is 6.72. The third-order valence-corrected chi connectivity index (χ3v) is 5.47. The molecule has 3 aromatic rings. The number of sulfone groups is 1. The van der Waals surface area contributed by atoms with E-state index in [-0.39, 0.29) is 38.8 Å². The maximum absolute atomic E-state index is 13.0. The van der Waals surface area contributed by atoms with Gasteiger partial charge in [0.25, 0.3) is 0 Å². The number of fused-ring (bicyclic) bond motifs is 1. The highest BCUT2D eigenvalue weighted by atomic mass is 32.2. The van der Waals surface area contributed by atoms with Gasteiger partial charge in [0.05, 0.1) is 10.6 Å². The molecule has 26 heavy (non-hydrogen) atoms. The summed E-state index contributed by atoms with van der Waals surface area (Å²) in [6.45, 7) is 1.52. The minimum atomic E-state index is -3.44. The number of nitrogens with zero attached hydrogens (tertiary/aromatic N) is 1. The lowest BCUT2D eigenvalue weighted by molar-refractivity contribution is 0.513. The lowest BCUT2D eigenvalue weighted by atomic mass is 10.1. The quantitative estimate of drug-likeness (QED) is 0.704. The predicted octanol–water partition coefficient (Wildman–Crippen LogP) is 3.18. The van der Waals surface area contributed by atoms with Gasteiger partial charge >= 0.3 is 5.63 Å². The summed E-state index contributed by atoms with van der Waals surface area (Å²) in [5.41, 5.74) is -0.418. The summed E-state index contributed by atoms with van der Waals surface area (Å²) in [5, 5.41) is 10.1. The van der Waals surface area contributed by atoms with Crippen LogP contribution in [0, 0.1) is 5.82 Å². The van der Waals surface area contributed by atoms with Crippen molar-refractivity contribution in [3.05, 3.63) is 70.0 Å². The van der Waals surface area contributed by atoms with E-state index in [0.29, 0.717) is 0 Å². The fourth-order valence-electron chi connectivity index (χ4n) is 2.28. The Labute approximate surface area is 148 Å². The Hall–Kier alpha value is -3.00. The summed E-state index contributed by atoms with van der Waals surface area (Å²) in [6.07, 6.45) is 1.08. The fourth-order valence-corrected chi connectivity index (χ4v) is 3.18. The molecular weight excluding hydrogens is 361 g/mol. The number of aliphatic hydroxyl groups excluding tert-OH is 1. The number of benzene rings is 2. The Balaban J connectivity index is 2.11. The molecule has 0 aliphatic carbocycles. The van der Waals surface area contributed by atoms with Gasteiger partial charge in [-0.2, -0.15) is 0 Å². The first kappa shape index (κ1) is 17.8. The van der Waals surface area contributed by atoms with Crippen molar-refractivity contribution in [2.75, 3.05) is 5.75 Å². The molecule has 0 aliphatic rings. The number of rotatable bonds is 4. The summed E-state index contributed by atoms with van der Waals surface area (Å²) >= 11 is 0. The molecule has 0 atom stereocenters. The van der Waals surface area contributed by atoms with Crippen LogP contribution in [0.1, 0.15) is 18.2 Å². The van der Waals surface area contributed by atoms with Crippen molar-refractivity contribution >= 4 is 32.8 Å². The Morgan fingerprint density at radius 3 is 2.58 bits per heavy atom. The second-order valence-corrected chi connectivity index (χ2v) is 7.73. The van der Waals surface area contributed by atoms with Crippen LogP contribution in [0.3, 0.4) is 0 Å². The monoisotopic (exact) mass is 375 g/mol. The molecule has 1 N–H and O–H groups in total. The van der Waals surface area contributed by atoms with Gasteiger partial charge in [-0.15, -0.1) is 0 Å². The lowest BCUT2D eigenvalue weighted by Gasteiger charge is -2.04. The van der Waals surface area contributed by atoms with Crippen molar-refractivity contribution in [3.63, 3.8) is 0 Å². The topological polar surface area (TPSA) is 97.5 Å². The van der Waals surface area contributed by atoms with Crippen LogP contribution in [-0.4, -0.2) is 24.3 Å². The van der Waals surface area contributed by atoms with Gasteiger partial charge in [-0.3, -0.25) is 0 Å². The van der Waals surface area contributed by atoms with Crippen LogP contribution in [0.4, 0.5) is 4.39 Å². The van der Waals surface area contributed by atoms with Crippen molar-refractivity contribution in [1.29, 1.82) is 0 Å². The van der Waals surface area contributed by atoms with E-state index in [1.165, 1.54) is 37.3 Å². The molecule has 134 valence electrons. The third-order valence-electron chi connectivity index (χ3n) is 3.74. The van der Waals surface area contributed by atoms with Crippen molar-refractivity contribution in [3.8, 4) is 0 Å². The molecule has 0 bridgehead atoms. The molecule has 1 heterocycles. The van der Waals surface area contributed by atoms with Crippen molar-refractivity contribution in [2.24, 2.45) is 0 Å². The average Bonchev–Trinajstić information content (AvgIpc) is 2.62. The van der Waals surface area contributed by atoms with E-state index in [2.05, 4.69) is 4.98 Å². The van der Waals surface area contributed by atoms with Crippen LogP contribution >= 0.6 is 0 Å². The van der Waals surface area contributed by atoms with Gasteiger partial charge < -0.3 is 9.52 Å². The molecule has 6 nitrogen and oxygen atoms in total. The summed E-state index contributed by atoms with van der Waals surface area (Å²) in [7, 11) is -3.44. The normalized spacial score (nSPS) is 12.5. The molecule has 0 unspecified atom stereocenters. The molecule has 0 spiro atoms. The number of hydrogen-bond donors (Lipinski definition) is 1. The first-order valence-corrected chi connectivity index (χ1v) is 9.29. The molecule has 0 saturated carbocycles. The zero-order valence-electron chi connectivity index (χ0n) is 13.6. The Morgan fingerprint density at radius 1 is 1.23 bits per heavy atom. The smallest absolute Gasteiger partial charge is 0.362 e. The summed E-state index contributed by atoms with van der Waals surface area (Å²) in [6, 6.07) is 9.03. The first-order valence-electron chi connectivity index (χ1n) is 7.64. The minimum absolute atomic E-state index is 0.0616. The maximum atomic E-state index is 13.0. The van der Waals surface area contributed by atoms with E-state index in [0.717, 1.165) is 18.2 Å². The van der Waals surface area contributed by atoms with Crippen LogP contribution in [0.2, 0.25) is 0 Å². The molecule has 8 heteroatoms. The summed E-state index contributed by atoms with van der Waals surface area (Å²) < 4.78 is 42.0. The molecule has 2 aromatic carbocycles.